The van der Waals surface area contributed by atoms with Gasteiger partial charge in [0.25, 0.3) is 0 Å². The number of nitrogens with zero attached hydrogens (tertiary/aromatic N) is 3. The predicted octanol–water partition coefficient (Wildman–Crippen LogP) is 0.925. The molecule has 2 saturated heterocycles. The third-order valence-corrected chi connectivity index (χ3v) is 4.87. The molecule has 0 spiro atoms. The molecular weight excluding hydrogens is 266 g/mol. The lowest BCUT2D eigenvalue weighted by atomic mass is 9.79. The second-order valence-corrected chi connectivity index (χ2v) is 6.36. The molecule has 6 heteroatoms. The molecule has 1 atom stereocenters. The SMILES string of the molecule is CNC1CCN(c2cc(C3(C)CCOCC3)nc(N)n2)C1. The topological polar surface area (TPSA) is 76.3 Å². The molecule has 3 heterocycles. The molecule has 1 unspecified atom stereocenters. The molecule has 2 aliphatic heterocycles. The van der Waals surface area contributed by atoms with Gasteiger partial charge < -0.3 is 20.7 Å². The van der Waals surface area contributed by atoms with Gasteiger partial charge in [-0.3, -0.25) is 0 Å². The Labute approximate surface area is 126 Å². The first kappa shape index (κ1) is 14.5. The number of nitrogens with one attached hydrogen (secondary N) is 1. The van der Waals surface area contributed by atoms with Gasteiger partial charge in [-0.15, -0.1) is 0 Å². The Morgan fingerprint density at radius 2 is 2.14 bits per heavy atom. The fourth-order valence-corrected chi connectivity index (χ4v) is 3.21. The summed E-state index contributed by atoms with van der Waals surface area (Å²) in [7, 11) is 2.01. The molecule has 0 saturated carbocycles. The Morgan fingerprint density at radius 3 is 2.81 bits per heavy atom. The minimum Gasteiger partial charge on any atom is -0.381 e. The van der Waals surface area contributed by atoms with Gasteiger partial charge in [0, 0.05) is 43.8 Å². The number of rotatable bonds is 3. The Hall–Kier alpha value is -1.40. The normalized spacial score (nSPS) is 25.2. The molecule has 0 bridgehead atoms. The van der Waals surface area contributed by atoms with Gasteiger partial charge in [-0.25, -0.2) is 4.98 Å². The number of ether oxygens (including phenoxy) is 1. The first-order valence-electron chi connectivity index (χ1n) is 7.76. The number of hydrogen-bond donors (Lipinski definition) is 2. The first-order valence-corrected chi connectivity index (χ1v) is 7.76. The van der Waals surface area contributed by atoms with Crippen LogP contribution in [0.4, 0.5) is 11.8 Å². The van der Waals surface area contributed by atoms with Gasteiger partial charge in [0.15, 0.2) is 0 Å². The molecule has 1 aromatic rings. The van der Waals surface area contributed by atoms with E-state index in [4.69, 9.17) is 10.5 Å². The number of aromatic nitrogens is 2. The third kappa shape index (κ3) is 2.96. The van der Waals surface area contributed by atoms with Gasteiger partial charge in [0.2, 0.25) is 5.95 Å². The first-order chi connectivity index (χ1) is 10.1. The van der Waals surface area contributed by atoms with Crippen molar-refractivity contribution in [3.63, 3.8) is 0 Å². The summed E-state index contributed by atoms with van der Waals surface area (Å²) >= 11 is 0. The molecular formula is C15H25N5O. The Balaban J connectivity index is 1.86. The molecule has 116 valence electrons. The van der Waals surface area contributed by atoms with Crippen LogP contribution in [0.5, 0.6) is 0 Å². The van der Waals surface area contributed by atoms with Crippen molar-refractivity contribution < 1.29 is 4.74 Å². The number of anilines is 2. The maximum Gasteiger partial charge on any atom is 0.222 e. The lowest BCUT2D eigenvalue weighted by molar-refractivity contribution is 0.0551. The van der Waals surface area contributed by atoms with E-state index in [1.165, 1.54) is 0 Å². The minimum absolute atomic E-state index is 0.0478. The van der Waals surface area contributed by atoms with Crippen LogP contribution < -0.4 is 16.0 Å². The molecule has 6 nitrogen and oxygen atoms in total. The van der Waals surface area contributed by atoms with Crippen LogP contribution in [-0.4, -0.2) is 49.4 Å². The van der Waals surface area contributed by atoms with Crippen LogP contribution in [-0.2, 0) is 10.2 Å². The third-order valence-electron chi connectivity index (χ3n) is 4.87. The summed E-state index contributed by atoms with van der Waals surface area (Å²) in [5.74, 6) is 1.34. The monoisotopic (exact) mass is 291 g/mol. The van der Waals surface area contributed by atoms with Gasteiger partial charge in [0.1, 0.15) is 5.82 Å². The number of likely N-dealkylation sites (N-methyl/N-ethyl adjacent to an activating group) is 1. The summed E-state index contributed by atoms with van der Waals surface area (Å²) in [6.45, 7) is 5.83. The van der Waals surface area contributed by atoms with Crippen LogP contribution in [0.15, 0.2) is 6.07 Å². The van der Waals surface area contributed by atoms with E-state index in [0.717, 1.165) is 57.1 Å². The molecule has 2 fully saturated rings. The van der Waals surface area contributed by atoms with Crippen molar-refractivity contribution in [2.45, 2.75) is 37.6 Å². The van der Waals surface area contributed by atoms with Gasteiger partial charge >= 0.3 is 0 Å². The summed E-state index contributed by atoms with van der Waals surface area (Å²) in [6.07, 6.45) is 3.12. The standard InChI is InChI=1S/C15H25N5O/c1-15(4-7-21-8-5-15)12-9-13(19-14(16)18-12)20-6-3-11(10-20)17-2/h9,11,17H,3-8,10H2,1-2H3,(H2,16,18,19). The molecule has 3 N–H and O–H groups in total. The quantitative estimate of drug-likeness (QED) is 0.862. The second-order valence-electron chi connectivity index (χ2n) is 6.36. The smallest absolute Gasteiger partial charge is 0.222 e. The minimum atomic E-state index is 0.0478. The van der Waals surface area contributed by atoms with Gasteiger partial charge in [-0.1, -0.05) is 6.92 Å². The average molecular weight is 291 g/mol. The van der Waals surface area contributed by atoms with E-state index in [1.54, 1.807) is 0 Å². The Bertz CT molecular complexity index is 501. The molecule has 0 radical (unpaired) electrons. The Kier molecular flexibility index (Phi) is 3.99. The van der Waals surface area contributed by atoms with Crippen molar-refractivity contribution in [1.29, 1.82) is 0 Å². The average Bonchev–Trinajstić information content (AvgIpc) is 2.96. The summed E-state index contributed by atoms with van der Waals surface area (Å²) in [5.41, 5.74) is 7.07. The van der Waals surface area contributed by atoms with Crippen molar-refractivity contribution in [3.05, 3.63) is 11.8 Å². The summed E-state index contributed by atoms with van der Waals surface area (Å²) < 4.78 is 5.48. The van der Waals surface area contributed by atoms with Crippen LogP contribution in [0.2, 0.25) is 0 Å². The van der Waals surface area contributed by atoms with E-state index in [2.05, 4.69) is 33.2 Å². The fraction of sp³-hybridized carbons (Fsp3) is 0.733. The van der Waals surface area contributed by atoms with Gasteiger partial charge in [-0.05, 0) is 26.3 Å². The molecule has 2 aliphatic rings. The van der Waals surface area contributed by atoms with Crippen molar-refractivity contribution in [2.75, 3.05) is 44.0 Å². The van der Waals surface area contributed by atoms with Crippen LogP contribution in [0, 0.1) is 0 Å². The van der Waals surface area contributed by atoms with Crippen molar-refractivity contribution >= 4 is 11.8 Å². The van der Waals surface area contributed by atoms with E-state index in [1.807, 2.05) is 7.05 Å². The van der Waals surface area contributed by atoms with Crippen molar-refractivity contribution in [1.82, 2.24) is 15.3 Å². The predicted molar refractivity (Wildman–Crippen MR) is 83.5 cm³/mol. The van der Waals surface area contributed by atoms with Crippen molar-refractivity contribution in [3.8, 4) is 0 Å². The lowest BCUT2D eigenvalue weighted by Gasteiger charge is -2.33. The fourth-order valence-electron chi connectivity index (χ4n) is 3.21. The van der Waals surface area contributed by atoms with Crippen LogP contribution in [0.1, 0.15) is 31.9 Å². The highest BCUT2D eigenvalue weighted by atomic mass is 16.5. The van der Waals surface area contributed by atoms with E-state index in [9.17, 15) is 0 Å². The molecule has 21 heavy (non-hydrogen) atoms. The highest BCUT2D eigenvalue weighted by Gasteiger charge is 2.32. The van der Waals surface area contributed by atoms with Crippen LogP contribution >= 0.6 is 0 Å². The molecule has 1 aromatic heterocycles. The molecule has 0 aliphatic carbocycles. The van der Waals surface area contributed by atoms with Gasteiger partial charge in [0.05, 0.1) is 5.69 Å². The number of nitrogens with two attached hydrogens (primary N) is 1. The maximum absolute atomic E-state index is 5.96. The molecule has 0 amide bonds. The Morgan fingerprint density at radius 1 is 1.38 bits per heavy atom. The summed E-state index contributed by atoms with van der Waals surface area (Å²) in [6, 6.07) is 2.66. The highest BCUT2D eigenvalue weighted by molar-refractivity contribution is 5.46. The second kappa shape index (κ2) is 5.77. The lowest BCUT2D eigenvalue weighted by Crippen LogP contribution is -2.33. The largest absolute Gasteiger partial charge is 0.381 e. The molecule has 3 rings (SSSR count). The highest BCUT2D eigenvalue weighted by Crippen LogP contribution is 2.35. The zero-order valence-corrected chi connectivity index (χ0v) is 12.9. The number of hydrogen-bond acceptors (Lipinski definition) is 6. The van der Waals surface area contributed by atoms with Crippen molar-refractivity contribution in [2.24, 2.45) is 0 Å². The summed E-state index contributed by atoms with van der Waals surface area (Å²) in [4.78, 5) is 11.2. The zero-order chi connectivity index (χ0) is 14.9. The van der Waals surface area contributed by atoms with E-state index in [-0.39, 0.29) is 5.41 Å². The number of nitrogen functional groups attached to an aromatic ring is 1. The van der Waals surface area contributed by atoms with Crippen LogP contribution in [0.25, 0.3) is 0 Å². The van der Waals surface area contributed by atoms with Crippen LogP contribution in [0.3, 0.4) is 0 Å². The molecule has 0 aromatic carbocycles. The van der Waals surface area contributed by atoms with E-state index in [0.29, 0.717) is 12.0 Å². The van der Waals surface area contributed by atoms with E-state index >= 15 is 0 Å². The van der Waals surface area contributed by atoms with Gasteiger partial charge in [-0.2, -0.15) is 4.98 Å². The summed E-state index contributed by atoms with van der Waals surface area (Å²) in [5, 5.41) is 3.33. The van der Waals surface area contributed by atoms with E-state index < -0.39 is 0 Å². The maximum atomic E-state index is 5.96. The zero-order valence-electron chi connectivity index (χ0n) is 12.9.